The Bertz CT molecular complexity index is 371. The molecule has 0 unspecified atom stereocenters. The van der Waals surface area contributed by atoms with Crippen LogP contribution in [0.2, 0.25) is 5.02 Å². The zero-order valence-corrected chi connectivity index (χ0v) is 13.0. The van der Waals surface area contributed by atoms with E-state index in [-0.39, 0.29) is 0 Å². The number of nitrogens with one attached hydrogen (secondary N) is 1. The van der Waals surface area contributed by atoms with Gasteiger partial charge in [0.05, 0.1) is 6.61 Å². The van der Waals surface area contributed by atoms with Crippen LogP contribution >= 0.6 is 11.6 Å². The van der Waals surface area contributed by atoms with Crippen molar-refractivity contribution in [2.24, 2.45) is 0 Å². The minimum absolute atomic E-state index is 0.714. The third-order valence-corrected chi connectivity index (χ3v) is 3.49. The minimum Gasteiger partial charge on any atom is -0.383 e. The van der Waals surface area contributed by atoms with Gasteiger partial charge in [0, 0.05) is 50.1 Å². The van der Waals surface area contributed by atoms with E-state index in [9.17, 15) is 0 Å². The van der Waals surface area contributed by atoms with Crippen molar-refractivity contribution in [3.63, 3.8) is 0 Å². The standard InChI is InChI=1S/C15H25ClN2O/c1-4-5-10-18(2)15-8-6-7-14(16)13(15)12-17-9-11-19-3/h6-8,17H,4-5,9-12H2,1-3H3. The summed E-state index contributed by atoms with van der Waals surface area (Å²) in [5.74, 6) is 0. The number of hydrogen-bond donors (Lipinski definition) is 1. The topological polar surface area (TPSA) is 24.5 Å². The van der Waals surface area contributed by atoms with E-state index in [0.29, 0.717) is 6.61 Å². The maximum absolute atomic E-state index is 6.32. The van der Waals surface area contributed by atoms with E-state index in [0.717, 1.165) is 24.7 Å². The number of methoxy groups -OCH3 is 1. The Kier molecular flexibility index (Phi) is 7.87. The second-order valence-electron chi connectivity index (χ2n) is 4.68. The smallest absolute Gasteiger partial charge is 0.0587 e. The van der Waals surface area contributed by atoms with Crippen molar-refractivity contribution < 1.29 is 4.74 Å². The Morgan fingerprint density at radius 1 is 1.37 bits per heavy atom. The summed E-state index contributed by atoms with van der Waals surface area (Å²) in [5.41, 5.74) is 2.38. The predicted octanol–water partition coefficient (Wildman–Crippen LogP) is 3.31. The van der Waals surface area contributed by atoms with Crippen molar-refractivity contribution in [2.75, 3.05) is 38.8 Å². The minimum atomic E-state index is 0.714. The molecule has 0 radical (unpaired) electrons. The highest BCUT2D eigenvalue weighted by Crippen LogP contribution is 2.27. The average Bonchev–Trinajstić information content (AvgIpc) is 2.42. The Morgan fingerprint density at radius 2 is 2.16 bits per heavy atom. The number of nitrogens with zero attached hydrogens (tertiary/aromatic N) is 1. The molecule has 1 N–H and O–H groups in total. The van der Waals surface area contributed by atoms with Crippen LogP contribution in [0, 0.1) is 0 Å². The van der Waals surface area contributed by atoms with Crippen LogP contribution in [0.5, 0.6) is 0 Å². The van der Waals surface area contributed by atoms with E-state index in [2.05, 4.69) is 30.3 Å². The van der Waals surface area contributed by atoms with Gasteiger partial charge in [0.2, 0.25) is 0 Å². The molecule has 0 saturated heterocycles. The normalized spacial score (nSPS) is 10.7. The first-order chi connectivity index (χ1) is 9.20. The molecule has 0 amide bonds. The first-order valence-corrected chi connectivity index (χ1v) is 7.26. The predicted molar refractivity (Wildman–Crippen MR) is 83.2 cm³/mol. The molecule has 4 heteroatoms. The highest BCUT2D eigenvalue weighted by Gasteiger charge is 2.10. The number of halogens is 1. The molecule has 0 spiro atoms. The molecule has 19 heavy (non-hydrogen) atoms. The van der Waals surface area contributed by atoms with Gasteiger partial charge in [-0.3, -0.25) is 0 Å². The molecule has 108 valence electrons. The number of benzene rings is 1. The zero-order valence-electron chi connectivity index (χ0n) is 12.2. The maximum Gasteiger partial charge on any atom is 0.0587 e. The molecule has 1 aromatic carbocycles. The van der Waals surface area contributed by atoms with Crippen molar-refractivity contribution in [2.45, 2.75) is 26.3 Å². The third kappa shape index (κ3) is 5.39. The van der Waals surface area contributed by atoms with Crippen molar-refractivity contribution in [1.29, 1.82) is 0 Å². The lowest BCUT2D eigenvalue weighted by atomic mass is 10.1. The first kappa shape index (κ1) is 16.3. The van der Waals surface area contributed by atoms with Gasteiger partial charge in [-0.15, -0.1) is 0 Å². The van der Waals surface area contributed by atoms with Gasteiger partial charge in [0.25, 0.3) is 0 Å². The summed E-state index contributed by atoms with van der Waals surface area (Å²) in [5, 5.41) is 4.18. The van der Waals surface area contributed by atoms with Crippen LogP contribution in [0.25, 0.3) is 0 Å². The molecule has 0 aromatic heterocycles. The molecule has 0 saturated carbocycles. The Balaban J connectivity index is 2.71. The summed E-state index contributed by atoms with van der Waals surface area (Å²) in [6.07, 6.45) is 2.39. The molecule has 3 nitrogen and oxygen atoms in total. The third-order valence-electron chi connectivity index (χ3n) is 3.14. The molecular formula is C15H25ClN2O. The molecule has 0 aliphatic rings. The van der Waals surface area contributed by atoms with Crippen LogP contribution < -0.4 is 10.2 Å². The van der Waals surface area contributed by atoms with Gasteiger partial charge in [-0.2, -0.15) is 0 Å². The Hall–Kier alpha value is -0.770. The summed E-state index contributed by atoms with van der Waals surface area (Å²) in [7, 11) is 3.83. The summed E-state index contributed by atoms with van der Waals surface area (Å²) in [6, 6.07) is 6.10. The lowest BCUT2D eigenvalue weighted by Crippen LogP contribution is -2.23. The Morgan fingerprint density at radius 3 is 2.84 bits per heavy atom. The fourth-order valence-electron chi connectivity index (χ4n) is 1.98. The monoisotopic (exact) mass is 284 g/mol. The van der Waals surface area contributed by atoms with E-state index in [1.807, 2.05) is 12.1 Å². The van der Waals surface area contributed by atoms with Gasteiger partial charge in [0.15, 0.2) is 0 Å². The molecular weight excluding hydrogens is 260 g/mol. The van der Waals surface area contributed by atoms with Gasteiger partial charge in [0.1, 0.15) is 0 Å². The highest BCUT2D eigenvalue weighted by molar-refractivity contribution is 6.31. The van der Waals surface area contributed by atoms with Crippen LogP contribution in [0.15, 0.2) is 18.2 Å². The fraction of sp³-hybridized carbons (Fsp3) is 0.600. The largest absolute Gasteiger partial charge is 0.383 e. The second kappa shape index (κ2) is 9.18. The number of hydrogen-bond acceptors (Lipinski definition) is 3. The van der Waals surface area contributed by atoms with Crippen LogP contribution in [0.4, 0.5) is 5.69 Å². The van der Waals surface area contributed by atoms with Crippen LogP contribution in [-0.4, -0.2) is 33.9 Å². The summed E-state index contributed by atoms with van der Waals surface area (Å²) < 4.78 is 5.03. The average molecular weight is 285 g/mol. The van der Waals surface area contributed by atoms with Gasteiger partial charge < -0.3 is 15.0 Å². The summed E-state index contributed by atoms with van der Waals surface area (Å²) >= 11 is 6.32. The van der Waals surface area contributed by atoms with Crippen molar-refractivity contribution in [3.8, 4) is 0 Å². The van der Waals surface area contributed by atoms with Crippen molar-refractivity contribution in [3.05, 3.63) is 28.8 Å². The van der Waals surface area contributed by atoms with E-state index in [1.165, 1.54) is 24.1 Å². The zero-order chi connectivity index (χ0) is 14.1. The highest BCUT2D eigenvalue weighted by atomic mass is 35.5. The van der Waals surface area contributed by atoms with Crippen molar-refractivity contribution in [1.82, 2.24) is 5.32 Å². The number of unbranched alkanes of at least 4 members (excludes halogenated alkanes) is 1. The molecule has 1 rings (SSSR count). The first-order valence-electron chi connectivity index (χ1n) is 6.88. The summed E-state index contributed by atoms with van der Waals surface area (Å²) in [4.78, 5) is 2.28. The maximum atomic E-state index is 6.32. The van der Waals surface area contributed by atoms with Gasteiger partial charge >= 0.3 is 0 Å². The van der Waals surface area contributed by atoms with Crippen LogP contribution in [0.1, 0.15) is 25.3 Å². The van der Waals surface area contributed by atoms with Gasteiger partial charge in [-0.05, 0) is 18.6 Å². The van der Waals surface area contributed by atoms with Crippen LogP contribution in [0.3, 0.4) is 0 Å². The Labute approximate surface area is 121 Å². The number of rotatable bonds is 9. The van der Waals surface area contributed by atoms with E-state index in [4.69, 9.17) is 16.3 Å². The van der Waals surface area contributed by atoms with E-state index < -0.39 is 0 Å². The van der Waals surface area contributed by atoms with Crippen LogP contribution in [-0.2, 0) is 11.3 Å². The molecule has 0 atom stereocenters. The lowest BCUT2D eigenvalue weighted by molar-refractivity contribution is 0.199. The fourth-order valence-corrected chi connectivity index (χ4v) is 2.22. The van der Waals surface area contributed by atoms with Crippen molar-refractivity contribution >= 4 is 17.3 Å². The van der Waals surface area contributed by atoms with E-state index in [1.54, 1.807) is 7.11 Å². The second-order valence-corrected chi connectivity index (χ2v) is 5.09. The van der Waals surface area contributed by atoms with Gasteiger partial charge in [-0.25, -0.2) is 0 Å². The molecule has 0 heterocycles. The molecule has 0 aliphatic carbocycles. The van der Waals surface area contributed by atoms with E-state index >= 15 is 0 Å². The molecule has 1 aromatic rings. The molecule has 0 fully saturated rings. The SMILES string of the molecule is CCCCN(C)c1cccc(Cl)c1CNCCOC. The number of ether oxygens (including phenoxy) is 1. The lowest BCUT2D eigenvalue weighted by Gasteiger charge is -2.23. The quantitative estimate of drug-likeness (QED) is 0.704. The summed E-state index contributed by atoms with van der Waals surface area (Å²) in [6.45, 7) is 5.58. The van der Waals surface area contributed by atoms with Gasteiger partial charge in [-0.1, -0.05) is 31.0 Å². The number of anilines is 1. The molecule has 0 aliphatic heterocycles. The molecule has 0 bridgehead atoms.